The third kappa shape index (κ3) is 3.17. The molecule has 0 radical (unpaired) electrons. The number of anilines is 1. The molecule has 1 aromatic rings. The number of hydrogen-bond donors (Lipinski definition) is 2. The zero-order valence-corrected chi connectivity index (χ0v) is 12.6. The Morgan fingerprint density at radius 1 is 1.29 bits per heavy atom. The molecule has 5 nitrogen and oxygen atoms in total. The van der Waals surface area contributed by atoms with E-state index in [2.05, 4.69) is 12.2 Å². The number of carbonyl (C=O) groups excluding carboxylic acids is 1. The van der Waals surface area contributed by atoms with Crippen LogP contribution in [-0.2, 0) is 11.2 Å². The van der Waals surface area contributed by atoms with E-state index in [0.29, 0.717) is 18.7 Å². The van der Waals surface area contributed by atoms with E-state index < -0.39 is 11.5 Å². The van der Waals surface area contributed by atoms with Crippen LogP contribution in [0.2, 0.25) is 0 Å². The Hall–Kier alpha value is -2.04. The fourth-order valence-corrected chi connectivity index (χ4v) is 2.68. The summed E-state index contributed by atoms with van der Waals surface area (Å²) in [5, 5.41) is 12.2. The van der Waals surface area contributed by atoms with Crippen LogP contribution in [0.25, 0.3) is 0 Å². The second-order valence-electron chi connectivity index (χ2n) is 5.67. The number of nitrogens with one attached hydrogen (secondary N) is 1. The lowest BCUT2D eigenvalue weighted by atomic mass is 9.89. The Bertz CT molecular complexity index is 527. The van der Waals surface area contributed by atoms with Crippen molar-refractivity contribution in [2.45, 2.75) is 45.1 Å². The van der Waals surface area contributed by atoms with Gasteiger partial charge < -0.3 is 15.3 Å². The number of benzene rings is 1. The molecule has 1 heterocycles. The highest BCUT2D eigenvalue weighted by atomic mass is 16.4. The largest absolute Gasteiger partial charge is 0.480 e. The molecule has 0 aliphatic carbocycles. The van der Waals surface area contributed by atoms with Gasteiger partial charge in [0.25, 0.3) is 0 Å². The van der Waals surface area contributed by atoms with E-state index in [-0.39, 0.29) is 6.03 Å². The van der Waals surface area contributed by atoms with E-state index in [1.807, 2.05) is 24.3 Å². The smallest absolute Gasteiger partial charge is 0.329 e. The molecule has 21 heavy (non-hydrogen) atoms. The highest BCUT2D eigenvalue weighted by Crippen LogP contribution is 2.29. The summed E-state index contributed by atoms with van der Waals surface area (Å²) in [6.07, 6.45) is 3.10. The Labute approximate surface area is 125 Å². The van der Waals surface area contributed by atoms with E-state index in [1.54, 1.807) is 6.92 Å². The number of carboxylic acids is 1. The van der Waals surface area contributed by atoms with Crippen LogP contribution in [0.15, 0.2) is 24.3 Å². The highest BCUT2D eigenvalue weighted by molar-refractivity contribution is 5.94. The maximum Gasteiger partial charge on any atom is 0.329 e. The lowest BCUT2D eigenvalue weighted by Crippen LogP contribution is -2.58. The fraction of sp³-hybridized carbons (Fsp3) is 0.500. The Morgan fingerprint density at radius 3 is 2.52 bits per heavy atom. The van der Waals surface area contributed by atoms with Crippen LogP contribution in [0.1, 0.15) is 38.7 Å². The molecule has 2 rings (SSSR count). The molecular formula is C16H22N2O3. The van der Waals surface area contributed by atoms with Crippen LogP contribution >= 0.6 is 0 Å². The third-order valence-corrected chi connectivity index (χ3v) is 4.21. The fourth-order valence-electron chi connectivity index (χ4n) is 2.68. The van der Waals surface area contributed by atoms with Crippen molar-refractivity contribution in [1.82, 2.24) is 4.90 Å². The molecule has 1 aliphatic heterocycles. The third-order valence-electron chi connectivity index (χ3n) is 4.21. The zero-order chi connectivity index (χ0) is 15.5. The van der Waals surface area contributed by atoms with Crippen LogP contribution < -0.4 is 5.32 Å². The number of carbonyl (C=O) groups is 2. The first-order chi connectivity index (χ1) is 9.97. The van der Waals surface area contributed by atoms with Crippen molar-refractivity contribution in [2.75, 3.05) is 11.9 Å². The van der Waals surface area contributed by atoms with Crippen molar-refractivity contribution in [1.29, 1.82) is 0 Å². The minimum Gasteiger partial charge on any atom is -0.480 e. The summed E-state index contributed by atoms with van der Waals surface area (Å²) in [6, 6.07) is 7.27. The van der Waals surface area contributed by atoms with Gasteiger partial charge in [-0.3, -0.25) is 0 Å². The molecule has 1 aliphatic rings. The maximum absolute atomic E-state index is 12.4. The average Bonchev–Trinajstić information content (AvgIpc) is 2.48. The minimum atomic E-state index is -1.12. The number of likely N-dealkylation sites (tertiary alicyclic amines) is 1. The zero-order valence-electron chi connectivity index (χ0n) is 12.6. The normalized spacial score (nSPS) is 21.9. The predicted octanol–water partition coefficient (Wildman–Crippen LogP) is 3.11. The number of rotatable bonds is 3. The minimum absolute atomic E-state index is 0.344. The molecule has 1 unspecified atom stereocenters. The van der Waals surface area contributed by atoms with E-state index in [0.717, 1.165) is 19.3 Å². The van der Waals surface area contributed by atoms with E-state index in [1.165, 1.54) is 10.5 Å². The number of amides is 2. The van der Waals surface area contributed by atoms with Crippen LogP contribution in [0.4, 0.5) is 10.5 Å². The first-order valence-corrected chi connectivity index (χ1v) is 7.38. The van der Waals surface area contributed by atoms with Gasteiger partial charge in [0, 0.05) is 12.2 Å². The quantitative estimate of drug-likeness (QED) is 0.898. The molecule has 1 fully saturated rings. The van der Waals surface area contributed by atoms with Crippen molar-refractivity contribution in [2.24, 2.45) is 0 Å². The summed E-state index contributed by atoms with van der Waals surface area (Å²) in [7, 11) is 0. The second-order valence-corrected chi connectivity index (χ2v) is 5.67. The van der Waals surface area contributed by atoms with Crippen LogP contribution in [0.5, 0.6) is 0 Å². The van der Waals surface area contributed by atoms with Crippen molar-refractivity contribution >= 4 is 17.7 Å². The van der Waals surface area contributed by atoms with Crippen LogP contribution in [0.3, 0.4) is 0 Å². The van der Waals surface area contributed by atoms with Gasteiger partial charge >= 0.3 is 12.0 Å². The van der Waals surface area contributed by atoms with Gasteiger partial charge in [0.1, 0.15) is 5.54 Å². The van der Waals surface area contributed by atoms with E-state index in [9.17, 15) is 14.7 Å². The van der Waals surface area contributed by atoms with Crippen molar-refractivity contribution in [3.63, 3.8) is 0 Å². The number of nitrogens with zero attached hydrogens (tertiary/aromatic N) is 1. The molecule has 0 saturated carbocycles. The van der Waals surface area contributed by atoms with Gasteiger partial charge in [0.15, 0.2) is 0 Å². The van der Waals surface area contributed by atoms with Crippen molar-refractivity contribution in [3.8, 4) is 0 Å². The number of aryl methyl sites for hydroxylation is 1. The van der Waals surface area contributed by atoms with Crippen molar-refractivity contribution < 1.29 is 14.7 Å². The second kappa shape index (κ2) is 6.16. The standard InChI is InChI=1S/C16H22N2O3/c1-3-12-6-8-13(9-7-12)17-15(21)18-11-5-4-10-16(18,2)14(19)20/h6-9H,3-5,10-11H2,1-2H3,(H,17,21)(H,19,20). The Kier molecular flexibility index (Phi) is 4.50. The first-order valence-electron chi connectivity index (χ1n) is 7.38. The molecule has 2 amide bonds. The number of aliphatic carboxylic acids is 1. The molecule has 0 aromatic heterocycles. The molecule has 114 valence electrons. The number of urea groups is 1. The molecular weight excluding hydrogens is 268 g/mol. The molecule has 0 spiro atoms. The SMILES string of the molecule is CCc1ccc(NC(=O)N2CCCCC2(C)C(=O)O)cc1. The summed E-state index contributed by atoms with van der Waals surface area (Å²) in [6.45, 7) is 4.16. The number of piperidine rings is 1. The molecule has 5 heteroatoms. The topological polar surface area (TPSA) is 69.6 Å². The molecule has 2 N–H and O–H groups in total. The number of hydrogen-bond acceptors (Lipinski definition) is 2. The van der Waals surface area contributed by atoms with Gasteiger partial charge in [0.2, 0.25) is 0 Å². The molecule has 0 bridgehead atoms. The van der Waals surface area contributed by atoms with Gasteiger partial charge in [0.05, 0.1) is 0 Å². The van der Waals surface area contributed by atoms with E-state index in [4.69, 9.17) is 0 Å². The lowest BCUT2D eigenvalue weighted by molar-refractivity contribution is -0.150. The Balaban J connectivity index is 2.12. The summed E-state index contributed by atoms with van der Waals surface area (Å²) >= 11 is 0. The molecule has 1 saturated heterocycles. The lowest BCUT2D eigenvalue weighted by Gasteiger charge is -2.41. The summed E-state index contributed by atoms with van der Waals surface area (Å²) < 4.78 is 0. The first kappa shape index (κ1) is 15.4. The summed E-state index contributed by atoms with van der Waals surface area (Å²) in [5.74, 6) is -0.946. The van der Waals surface area contributed by atoms with Crippen molar-refractivity contribution in [3.05, 3.63) is 29.8 Å². The van der Waals surface area contributed by atoms with Gasteiger partial charge in [-0.1, -0.05) is 19.1 Å². The van der Waals surface area contributed by atoms with Gasteiger partial charge in [-0.05, 0) is 50.3 Å². The van der Waals surface area contributed by atoms with Crippen LogP contribution in [0, 0.1) is 0 Å². The molecule has 1 aromatic carbocycles. The van der Waals surface area contributed by atoms with Gasteiger partial charge in [-0.25, -0.2) is 9.59 Å². The summed E-state index contributed by atoms with van der Waals surface area (Å²) in [4.78, 5) is 25.3. The Morgan fingerprint density at radius 2 is 1.95 bits per heavy atom. The monoisotopic (exact) mass is 290 g/mol. The average molecular weight is 290 g/mol. The van der Waals surface area contributed by atoms with E-state index >= 15 is 0 Å². The predicted molar refractivity (Wildman–Crippen MR) is 81.4 cm³/mol. The summed E-state index contributed by atoms with van der Waals surface area (Å²) in [5.41, 5.74) is 0.767. The maximum atomic E-state index is 12.4. The van der Waals surface area contributed by atoms with Gasteiger partial charge in [-0.15, -0.1) is 0 Å². The highest BCUT2D eigenvalue weighted by Gasteiger charge is 2.43. The van der Waals surface area contributed by atoms with Crippen LogP contribution in [-0.4, -0.2) is 34.1 Å². The van der Waals surface area contributed by atoms with Gasteiger partial charge in [-0.2, -0.15) is 0 Å². The molecule has 1 atom stereocenters. The number of carboxylic acid groups (broad SMARTS) is 1.